The zero-order valence-corrected chi connectivity index (χ0v) is 8.64. The molecule has 0 saturated heterocycles. The van der Waals surface area contributed by atoms with E-state index < -0.39 is 5.82 Å². The summed E-state index contributed by atoms with van der Waals surface area (Å²) in [5.74, 6) is -0.128. The summed E-state index contributed by atoms with van der Waals surface area (Å²) in [6.07, 6.45) is 3.03. The minimum Gasteiger partial charge on any atom is -0.479 e. The first kappa shape index (κ1) is 10.4. The van der Waals surface area contributed by atoms with E-state index >= 15 is 0 Å². The summed E-state index contributed by atoms with van der Waals surface area (Å²) < 4.78 is 18.3. The number of hydrogen-bond acceptors (Lipinski definition) is 4. The van der Waals surface area contributed by atoms with Crippen LogP contribution in [-0.4, -0.2) is 17.1 Å². The molecule has 0 unspecified atom stereocenters. The molecule has 1 aromatic heterocycles. The largest absolute Gasteiger partial charge is 0.479 e. The molecule has 0 amide bonds. The van der Waals surface area contributed by atoms with Gasteiger partial charge in [0.15, 0.2) is 0 Å². The topological polar surface area (TPSA) is 61.0 Å². The van der Waals surface area contributed by atoms with Gasteiger partial charge in [-0.15, -0.1) is 0 Å². The second-order valence-corrected chi connectivity index (χ2v) is 3.15. The molecule has 0 aliphatic carbocycles. The van der Waals surface area contributed by atoms with Crippen LogP contribution >= 0.6 is 0 Å². The molecule has 4 nitrogen and oxygen atoms in total. The fraction of sp³-hybridized carbons (Fsp3) is 0.0909. The van der Waals surface area contributed by atoms with E-state index in [1.165, 1.54) is 31.6 Å². The highest BCUT2D eigenvalue weighted by atomic mass is 19.1. The van der Waals surface area contributed by atoms with E-state index in [-0.39, 0.29) is 5.69 Å². The molecular formula is C11H10FN3O. The fourth-order valence-electron chi connectivity index (χ4n) is 1.35. The number of anilines is 1. The molecule has 0 saturated carbocycles. The summed E-state index contributed by atoms with van der Waals surface area (Å²) in [6, 6.07) is 4.46. The van der Waals surface area contributed by atoms with E-state index in [0.29, 0.717) is 17.1 Å². The number of ether oxygens (including phenoxy) is 1. The first-order chi connectivity index (χ1) is 7.72. The van der Waals surface area contributed by atoms with Crippen molar-refractivity contribution in [2.75, 3.05) is 12.8 Å². The maximum Gasteiger partial charge on any atom is 0.240 e. The van der Waals surface area contributed by atoms with Gasteiger partial charge in [0.25, 0.3) is 0 Å². The molecule has 82 valence electrons. The van der Waals surface area contributed by atoms with E-state index in [1.54, 1.807) is 6.07 Å². The van der Waals surface area contributed by atoms with Gasteiger partial charge >= 0.3 is 0 Å². The van der Waals surface area contributed by atoms with Crippen molar-refractivity contribution < 1.29 is 9.13 Å². The van der Waals surface area contributed by atoms with Crippen LogP contribution in [0.3, 0.4) is 0 Å². The number of nitrogens with zero attached hydrogens (tertiary/aromatic N) is 2. The third-order valence-electron chi connectivity index (χ3n) is 2.13. The lowest BCUT2D eigenvalue weighted by Gasteiger charge is -2.06. The molecule has 1 aromatic carbocycles. The Labute approximate surface area is 91.9 Å². The van der Waals surface area contributed by atoms with Crippen molar-refractivity contribution in [2.24, 2.45) is 0 Å². The fourth-order valence-corrected chi connectivity index (χ4v) is 1.35. The molecule has 0 aliphatic rings. The number of aromatic nitrogens is 2. The average Bonchev–Trinajstić information content (AvgIpc) is 2.32. The third kappa shape index (κ3) is 1.79. The average molecular weight is 219 g/mol. The lowest BCUT2D eigenvalue weighted by atomic mass is 10.1. The van der Waals surface area contributed by atoms with Crippen LogP contribution in [0.5, 0.6) is 5.88 Å². The number of rotatable bonds is 2. The van der Waals surface area contributed by atoms with Crippen molar-refractivity contribution in [1.82, 2.24) is 9.97 Å². The Bertz CT molecular complexity index is 516. The zero-order valence-electron chi connectivity index (χ0n) is 8.64. The molecule has 0 aliphatic heterocycles. The summed E-state index contributed by atoms with van der Waals surface area (Å²) >= 11 is 0. The maximum absolute atomic E-state index is 13.3. The lowest BCUT2D eigenvalue weighted by molar-refractivity contribution is 0.397. The van der Waals surface area contributed by atoms with E-state index in [0.717, 1.165) is 0 Å². The van der Waals surface area contributed by atoms with Gasteiger partial charge in [0.2, 0.25) is 5.88 Å². The Morgan fingerprint density at radius 1 is 1.25 bits per heavy atom. The van der Waals surface area contributed by atoms with Gasteiger partial charge in [-0.3, -0.25) is 0 Å². The Kier molecular flexibility index (Phi) is 2.68. The maximum atomic E-state index is 13.3. The number of nitrogens with two attached hydrogens (primary N) is 1. The highest BCUT2D eigenvalue weighted by molar-refractivity contribution is 5.66. The Morgan fingerprint density at radius 2 is 2.00 bits per heavy atom. The van der Waals surface area contributed by atoms with Crippen LogP contribution in [0.2, 0.25) is 0 Å². The summed E-state index contributed by atoms with van der Waals surface area (Å²) in [5.41, 5.74) is 6.57. The molecule has 1 heterocycles. The minimum atomic E-state index is -0.481. The van der Waals surface area contributed by atoms with Gasteiger partial charge < -0.3 is 10.5 Å². The van der Waals surface area contributed by atoms with Gasteiger partial charge in [0, 0.05) is 18.0 Å². The first-order valence-corrected chi connectivity index (χ1v) is 4.63. The summed E-state index contributed by atoms with van der Waals surface area (Å²) in [5, 5.41) is 0. The molecule has 0 fully saturated rings. The highest BCUT2D eigenvalue weighted by Gasteiger charge is 2.09. The quantitative estimate of drug-likeness (QED) is 0.783. The summed E-state index contributed by atoms with van der Waals surface area (Å²) in [4.78, 5) is 8.08. The van der Waals surface area contributed by atoms with Crippen molar-refractivity contribution in [3.05, 3.63) is 36.4 Å². The van der Waals surface area contributed by atoms with E-state index in [9.17, 15) is 4.39 Å². The molecule has 0 radical (unpaired) electrons. The Balaban J connectivity index is 2.54. The SMILES string of the molecule is COc1nccnc1-c1ccc(N)c(F)c1. The molecule has 0 bridgehead atoms. The van der Waals surface area contributed by atoms with Crippen molar-refractivity contribution in [3.63, 3.8) is 0 Å². The first-order valence-electron chi connectivity index (χ1n) is 4.63. The van der Waals surface area contributed by atoms with Gasteiger partial charge in [0.1, 0.15) is 11.5 Å². The molecule has 5 heteroatoms. The molecule has 0 spiro atoms. The van der Waals surface area contributed by atoms with Crippen LogP contribution in [0, 0.1) is 5.82 Å². The van der Waals surface area contributed by atoms with Gasteiger partial charge in [-0.2, -0.15) is 0 Å². The monoisotopic (exact) mass is 219 g/mol. The van der Waals surface area contributed by atoms with Crippen LogP contribution < -0.4 is 10.5 Å². The van der Waals surface area contributed by atoms with Gasteiger partial charge in [-0.05, 0) is 12.1 Å². The standard InChI is InChI=1S/C11H10FN3O/c1-16-11-10(14-4-5-15-11)7-2-3-9(13)8(12)6-7/h2-6H,13H2,1H3. The van der Waals surface area contributed by atoms with Crippen LogP contribution in [0.15, 0.2) is 30.6 Å². The minimum absolute atomic E-state index is 0.103. The Hall–Kier alpha value is -2.17. The zero-order chi connectivity index (χ0) is 11.5. The molecule has 2 rings (SSSR count). The van der Waals surface area contributed by atoms with Crippen molar-refractivity contribution >= 4 is 5.69 Å². The van der Waals surface area contributed by atoms with E-state index in [2.05, 4.69) is 9.97 Å². The van der Waals surface area contributed by atoms with Crippen LogP contribution in [0.4, 0.5) is 10.1 Å². The second kappa shape index (κ2) is 4.14. The van der Waals surface area contributed by atoms with Gasteiger partial charge in [-0.1, -0.05) is 6.07 Å². The molecule has 2 N–H and O–H groups in total. The van der Waals surface area contributed by atoms with E-state index in [1.807, 2.05) is 0 Å². The molecule has 16 heavy (non-hydrogen) atoms. The summed E-state index contributed by atoms with van der Waals surface area (Å²) in [7, 11) is 1.49. The van der Waals surface area contributed by atoms with Gasteiger partial charge in [0.05, 0.1) is 12.8 Å². The lowest BCUT2D eigenvalue weighted by Crippen LogP contribution is -1.95. The number of methoxy groups -OCH3 is 1. The second-order valence-electron chi connectivity index (χ2n) is 3.15. The normalized spacial score (nSPS) is 10.1. The van der Waals surface area contributed by atoms with Crippen molar-refractivity contribution in [3.8, 4) is 17.1 Å². The Morgan fingerprint density at radius 3 is 2.69 bits per heavy atom. The molecule has 0 atom stereocenters. The number of benzene rings is 1. The van der Waals surface area contributed by atoms with Crippen molar-refractivity contribution in [1.29, 1.82) is 0 Å². The smallest absolute Gasteiger partial charge is 0.240 e. The number of nitrogen functional groups attached to an aromatic ring is 1. The van der Waals surface area contributed by atoms with Crippen LogP contribution in [0.25, 0.3) is 11.3 Å². The summed E-state index contributed by atoms with van der Waals surface area (Å²) in [6.45, 7) is 0. The van der Waals surface area contributed by atoms with Gasteiger partial charge in [-0.25, -0.2) is 14.4 Å². The third-order valence-corrected chi connectivity index (χ3v) is 2.13. The number of hydrogen-bond donors (Lipinski definition) is 1. The van der Waals surface area contributed by atoms with Crippen LogP contribution in [-0.2, 0) is 0 Å². The predicted octanol–water partition coefficient (Wildman–Crippen LogP) is 1.87. The van der Waals surface area contributed by atoms with E-state index in [4.69, 9.17) is 10.5 Å². The molecule has 2 aromatic rings. The predicted molar refractivity (Wildman–Crippen MR) is 58.4 cm³/mol. The molecular weight excluding hydrogens is 209 g/mol. The number of halogens is 1. The highest BCUT2D eigenvalue weighted by Crippen LogP contribution is 2.26. The van der Waals surface area contributed by atoms with Crippen molar-refractivity contribution in [2.45, 2.75) is 0 Å². The van der Waals surface area contributed by atoms with Crippen LogP contribution in [0.1, 0.15) is 0 Å².